The highest BCUT2D eigenvalue weighted by Gasteiger charge is 2.20. The molecule has 13 heteroatoms. The van der Waals surface area contributed by atoms with E-state index < -0.39 is 6.10 Å². The number of aromatic nitrogens is 7. The van der Waals surface area contributed by atoms with Crippen molar-refractivity contribution in [3.63, 3.8) is 0 Å². The maximum atomic E-state index is 13.4. The van der Waals surface area contributed by atoms with E-state index in [1.54, 1.807) is 28.6 Å². The molecule has 222 valence electrons. The van der Waals surface area contributed by atoms with Crippen molar-refractivity contribution in [1.82, 2.24) is 39.0 Å². The molecule has 5 heterocycles. The fourth-order valence-electron chi connectivity index (χ4n) is 5.32. The van der Waals surface area contributed by atoms with Crippen molar-refractivity contribution in [3.05, 3.63) is 71.8 Å². The standard InChI is InChI=1S/C30H34N10O3/c1-5-12-39-29(42)25-18-31-30(33-23-7-9-24(10-8-23)37-15-13-36(4)14-16-37)35-28(25)40(39)26-11-6-22-17-32-38(27(22)34-26)19-20(2)43-21(3)41/h5-11,17-18,20H,1,12-16,19H2,2-4H3,(H,31,33,35)/t20-/m0/s1. The average molecular weight is 583 g/mol. The summed E-state index contributed by atoms with van der Waals surface area (Å²) < 4.78 is 10.2. The van der Waals surface area contributed by atoms with Gasteiger partial charge in [-0.2, -0.15) is 10.1 Å². The van der Waals surface area contributed by atoms with Crippen LogP contribution in [-0.4, -0.2) is 84.3 Å². The number of likely N-dealkylation sites (N-methyl/N-ethyl adjacent to an activating group) is 1. The highest BCUT2D eigenvalue weighted by Crippen LogP contribution is 2.23. The summed E-state index contributed by atoms with van der Waals surface area (Å²) in [5, 5.41) is 8.87. The summed E-state index contributed by atoms with van der Waals surface area (Å²) >= 11 is 0. The number of esters is 1. The smallest absolute Gasteiger partial charge is 0.302 e. The van der Waals surface area contributed by atoms with Gasteiger partial charge < -0.3 is 19.9 Å². The predicted octanol–water partition coefficient (Wildman–Crippen LogP) is 2.96. The van der Waals surface area contributed by atoms with Gasteiger partial charge in [0.05, 0.1) is 19.3 Å². The Balaban J connectivity index is 1.34. The summed E-state index contributed by atoms with van der Waals surface area (Å²) in [6.45, 7) is 11.6. The number of pyridine rings is 1. The monoisotopic (exact) mass is 582 g/mol. The van der Waals surface area contributed by atoms with Crippen LogP contribution in [0.1, 0.15) is 13.8 Å². The number of hydrogen-bond acceptors (Lipinski definition) is 10. The van der Waals surface area contributed by atoms with Gasteiger partial charge in [0, 0.05) is 56.1 Å². The van der Waals surface area contributed by atoms with E-state index in [0.717, 1.165) is 37.3 Å². The molecule has 0 aliphatic carbocycles. The van der Waals surface area contributed by atoms with Crippen LogP contribution < -0.4 is 15.8 Å². The van der Waals surface area contributed by atoms with Gasteiger partial charge in [0.25, 0.3) is 5.56 Å². The molecule has 0 spiro atoms. The molecule has 0 amide bonds. The number of carbonyl (C=O) groups is 1. The topological polar surface area (TPSA) is 128 Å². The van der Waals surface area contributed by atoms with Crippen molar-refractivity contribution < 1.29 is 9.53 Å². The molecule has 1 N–H and O–H groups in total. The largest absolute Gasteiger partial charge is 0.461 e. The Kier molecular flexibility index (Phi) is 7.63. The lowest BCUT2D eigenvalue weighted by molar-refractivity contribution is -0.146. The van der Waals surface area contributed by atoms with Crippen LogP contribution in [0.3, 0.4) is 0 Å². The summed E-state index contributed by atoms with van der Waals surface area (Å²) in [7, 11) is 2.14. The molecule has 0 unspecified atom stereocenters. The molecular formula is C30H34N10O3. The summed E-state index contributed by atoms with van der Waals surface area (Å²) in [6.07, 6.45) is 4.49. The summed E-state index contributed by atoms with van der Waals surface area (Å²) in [5.74, 6) is 0.468. The second kappa shape index (κ2) is 11.7. The van der Waals surface area contributed by atoms with Crippen molar-refractivity contribution in [2.75, 3.05) is 43.4 Å². The molecular weight excluding hydrogens is 548 g/mol. The number of anilines is 3. The number of piperazine rings is 1. The van der Waals surface area contributed by atoms with Crippen LogP contribution in [0, 0.1) is 0 Å². The van der Waals surface area contributed by atoms with Gasteiger partial charge >= 0.3 is 5.97 Å². The average Bonchev–Trinajstić information content (AvgIpc) is 3.51. The number of benzene rings is 1. The van der Waals surface area contributed by atoms with Gasteiger partial charge in [0.2, 0.25) is 5.95 Å². The first-order chi connectivity index (χ1) is 20.8. The lowest BCUT2D eigenvalue weighted by atomic mass is 10.2. The fraction of sp³-hybridized carbons (Fsp3) is 0.333. The number of nitrogens with one attached hydrogen (secondary N) is 1. The summed E-state index contributed by atoms with van der Waals surface area (Å²) in [6, 6.07) is 11.9. The molecule has 1 aliphatic rings. The third-order valence-corrected chi connectivity index (χ3v) is 7.45. The Hall–Kier alpha value is -5.04. The third-order valence-electron chi connectivity index (χ3n) is 7.45. The van der Waals surface area contributed by atoms with E-state index in [1.807, 2.05) is 24.3 Å². The van der Waals surface area contributed by atoms with Crippen LogP contribution in [-0.2, 0) is 22.6 Å². The van der Waals surface area contributed by atoms with Gasteiger partial charge in [-0.15, -0.1) is 6.58 Å². The van der Waals surface area contributed by atoms with Crippen LogP contribution in [0.15, 0.2) is 66.2 Å². The Morgan fingerprint density at radius 2 is 1.84 bits per heavy atom. The maximum Gasteiger partial charge on any atom is 0.302 e. The van der Waals surface area contributed by atoms with Crippen molar-refractivity contribution in [3.8, 4) is 5.82 Å². The van der Waals surface area contributed by atoms with Crippen LogP contribution in [0.4, 0.5) is 17.3 Å². The van der Waals surface area contributed by atoms with Crippen LogP contribution in [0.2, 0.25) is 0 Å². The second-order valence-electron chi connectivity index (χ2n) is 10.7. The molecule has 1 saturated heterocycles. The zero-order valence-corrected chi connectivity index (χ0v) is 24.5. The Morgan fingerprint density at radius 3 is 2.56 bits per heavy atom. The number of ether oxygens (including phenoxy) is 1. The first kappa shape index (κ1) is 28.1. The Bertz CT molecular complexity index is 1850. The van der Waals surface area contributed by atoms with Crippen LogP contribution >= 0.6 is 0 Å². The first-order valence-corrected chi connectivity index (χ1v) is 14.2. The van der Waals surface area contributed by atoms with Gasteiger partial charge in [0.15, 0.2) is 17.1 Å². The number of rotatable bonds is 9. The lowest BCUT2D eigenvalue weighted by Gasteiger charge is -2.34. The molecule has 4 aromatic heterocycles. The highest BCUT2D eigenvalue weighted by molar-refractivity contribution is 5.79. The Morgan fingerprint density at radius 1 is 1.07 bits per heavy atom. The molecule has 0 saturated carbocycles. The van der Waals surface area contributed by atoms with E-state index in [-0.39, 0.29) is 18.1 Å². The van der Waals surface area contributed by atoms with Gasteiger partial charge in [0.1, 0.15) is 11.5 Å². The zero-order valence-electron chi connectivity index (χ0n) is 24.5. The molecule has 13 nitrogen and oxygen atoms in total. The van der Waals surface area contributed by atoms with Crippen molar-refractivity contribution in [2.24, 2.45) is 0 Å². The molecule has 1 atom stereocenters. The van der Waals surface area contributed by atoms with Gasteiger partial charge in [-0.1, -0.05) is 6.08 Å². The number of nitrogens with zero attached hydrogens (tertiary/aromatic N) is 9. The molecule has 43 heavy (non-hydrogen) atoms. The molecule has 1 fully saturated rings. The highest BCUT2D eigenvalue weighted by atomic mass is 16.5. The molecule has 1 aromatic carbocycles. The van der Waals surface area contributed by atoms with E-state index in [1.165, 1.54) is 23.5 Å². The van der Waals surface area contributed by atoms with Crippen molar-refractivity contribution in [2.45, 2.75) is 33.0 Å². The number of hydrogen-bond donors (Lipinski definition) is 1. The quantitative estimate of drug-likeness (QED) is 0.205. The van der Waals surface area contributed by atoms with Crippen molar-refractivity contribution in [1.29, 1.82) is 0 Å². The molecule has 6 rings (SSSR count). The van der Waals surface area contributed by atoms with Gasteiger partial charge in [-0.25, -0.2) is 24.0 Å². The predicted molar refractivity (Wildman–Crippen MR) is 165 cm³/mol. The second-order valence-corrected chi connectivity index (χ2v) is 10.7. The number of allylic oxidation sites excluding steroid dienone is 1. The number of carbonyl (C=O) groups excluding carboxylic acids is 1. The third kappa shape index (κ3) is 5.71. The lowest BCUT2D eigenvalue weighted by Crippen LogP contribution is -2.44. The van der Waals surface area contributed by atoms with Gasteiger partial charge in [-0.3, -0.25) is 9.59 Å². The van der Waals surface area contributed by atoms with E-state index in [2.05, 4.69) is 51.0 Å². The van der Waals surface area contributed by atoms with E-state index >= 15 is 0 Å². The van der Waals surface area contributed by atoms with E-state index in [4.69, 9.17) is 14.7 Å². The normalized spacial score (nSPS) is 14.7. The molecule has 0 bridgehead atoms. The number of fused-ring (bicyclic) bond motifs is 2. The van der Waals surface area contributed by atoms with E-state index in [0.29, 0.717) is 35.0 Å². The summed E-state index contributed by atoms with van der Waals surface area (Å²) in [4.78, 5) is 43.6. The molecule has 5 aromatic rings. The summed E-state index contributed by atoms with van der Waals surface area (Å²) in [5.41, 5.74) is 2.75. The van der Waals surface area contributed by atoms with Crippen molar-refractivity contribution >= 4 is 45.4 Å². The minimum absolute atomic E-state index is 0.244. The zero-order chi connectivity index (χ0) is 30.1. The SMILES string of the molecule is C=CCn1c(=O)c2cnc(Nc3ccc(N4CCN(C)CC4)cc3)nc2n1-c1ccc2cnn(C[C@H](C)OC(C)=O)c2n1. The van der Waals surface area contributed by atoms with Crippen LogP contribution in [0.25, 0.3) is 27.9 Å². The Labute approximate surface area is 248 Å². The maximum absolute atomic E-state index is 13.4. The first-order valence-electron chi connectivity index (χ1n) is 14.2. The minimum atomic E-state index is -0.394. The van der Waals surface area contributed by atoms with E-state index in [9.17, 15) is 9.59 Å². The van der Waals surface area contributed by atoms with Gasteiger partial charge in [-0.05, 0) is 50.4 Å². The minimum Gasteiger partial charge on any atom is -0.461 e. The van der Waals surface area contributed by atoms with Crippen LogP contribution in [0.5, 0.6) is 0 Å². The molecule has 0 radical (unpaired) electrons. The fourth-order valence-corrected chi connectivity index (χ4v) is 5.32. The molecule has 1 aliphatic heterocycles.